The van der Waals surface area contributed by atoms with Gasteiger partial charge in [0.05, 0.1) is 49.2 Å². The number of anilines is 1. The van der Waals surface area contributed by atoms with Crippen molar-refractivity contribution in [1.29, 1.82) is 0 Å². The maximum Gasteiger partial charge on any atom is 0.263 e. The van der Waals surface area contributed by atoms with Crippen LogP contribution in [-0.4, -0.2) is 45.9 Å². The first-order valence-corrected chi connectivity index (χ1v) is 13.2. The molecule has 0 spiro atoms. The molecule has 2 aromatic carbocycles. The van der Waals surface area contributed by atoms with Crippen molar-refractivity contribution in [2.24, 2.45) is 0 Å². The maximum atomic E-state index is 13.6. The molecule has 0 bridgehead atoms. The van der Waals surface area contributed by atoms with Gasteiger partial charge in [0.15, 0.2) is 11.5 Å². The van der Waals surface area contributed by atoms with Gasteiger partial charge in [-0.2, -0.15) is 0 Å². The predicted molar refractivity (Wildman–Crippen MR) is 142 cm³/mol. The van der Waals surface area contributed by atoms with Crippen molar-refractivity contribution >= 4 is 23.4 Å². The van der Waals surface area contributed by atoms with Gasteiger partial charge >= 0.3 is 0 Å². The van der Waals surface area contributed by atoms with Crippen LogP contribution in [0.3, 0.4) is 0 Å². The molecule has 3 aliphatic rings. The Bertz CT molecular complexity index is 1500. The quantitative estimate of drug-likeness (QED) is 0.453. The molecule has 1 saturated carbocycles. The van der Waals surface area contributed by atoms with E-state index in [1.165, 1.54) is 17.2 Å². The zero-order chi connectivity index (χ0) is 27.3. The third-order valence-corrected chi connectivity index (χ3v) is 7.88. The summed E-state index contributed by atoms with van der Waals surface area (Å²) >= 11 is 0. The van der Waals surface area contributed by atoms with Crippen molar-refractivity contribution < 1.29 is 29.0 Å². The van der Waals surface area contributed by atoms with Crippen molar-refractivity contribution in [3.8, 4) is 11.5 Å². The molecule has 39 heavy (non-hydrogen) atoms. The van der Waals surface area contributed by atoms with Gasteiger partial charge < -0.3 is 19.5 Å². The molecule has 1 fully saturated rings. The molecule has 1 unspecified atom stereocenters. The molecule has 3 amide bonds. The molecular weight excluding hydrogens is 498 g/mol. The standard InChI is InChI=1S/C30H29N3O6/c1-17(33-29(36)24-12-20(16-34)31-14-25(24)30(33)37)18-7-8-19-15-32(28(35)23(19)11-18)21-9-10-26(38-2)27(13-21)39-22-5-3-4-6-22/h7-14,17,22,34H,3-6,15-16H2,1-2H3. The third-order valence-electron chi connectivity index (χ3n) is 7.88. The van der Waals surface area contributed by atoms with E-state index in [2.05, 4.69) is 4.98 Å². The van der Waals surface area contributed by atoms with Crippen LogP contribution >= 0.6 is 0 Å². The number of pyridine rings is 1. The summed E-state index contributed by atoms with van der Waals surface area (Å²) in [6.45, 7) is 1.84. The van der Waals surface area contributed by atoms with Crippen LogP contribution in [0.5, 0.6) is 11.5 Å². The normalized spacial score (nSPS) is 17.6. The molecule has 9 heteroatoms. The summed E-state index contributed by atoms with van der Waals surface area (Å²) in [5.74, 6) is 0.217. The van der Waals surface area contributed by atoms with Crippen LogP contribution < -0.4 is 14.4 Å². The summed E-state index contributed by atoms with van der Waals surface area (Å²) in [4.78, 5) is 46.7. The predicted octanol–water partition coefficient (Wildman–Crippen LogP) is 4.42. The minimum absolute atomic E-state index is 0.151. The van der Waals surface area contributed by atoms with Crippen molar-refractivity contribution in [3.05, 3.63) is 82.2 Å². The zero-order valence-electron chi connectivity index (χ0n) is 21.8. The van der Waals surface area contributed by atoms with Gasteiger partial charge in [0.2, 0.25) is 0 Å². The number of carbonyl (C=O) groups is 3. The lowest BCUT2D eigenvalue weighted by atomic mass is 10.0. The second kappa shape index (κ2) is 9.81. The number of fused-ring (bicyclic) bond motifs is 2. The smallest absolute Gasteiger partial charge is 0.263 e. The summed E-state index contributed by atoms with van der Waals surface area (Å²) < 4.78 is 11.7. The molecule has 2 aliphatic heterocycles. The zero-order valence-corrected chi connectivity index (χ0v) is 21.8. The van der Waals surface area contributed by atoms with E-state index in [0.717, 1.165) is 31.2 Å². The highest BCUT2D eigenvalue weighted by Gasteiger charge is 2.40. The van der Waals surface area contributed by atoms with E-state index in [0.29, 0.717) is 40.6 Å². The SMILES string of the molecule is COc1ccc(N2Cc3ccc(C(C)N4C(=O)c5cnc(CO)cc5C4=O)cc3C2=O)cc1OC1CCCC1. The van der Waals surface area contributed by atoms with Crippen LogP contribution in [-0.2, 0) is 13.2 Å². The molecule has 1 aromatic heterocycles. The largest absolute Gasteiger partial charge is 0.493 e. The van der Waals surface area contributed by atoms with Gasteiger partial charge in [-0.15, -0.1) is 0 Å². The molecule has 6 rings (SSSR count). The first-order valence-electron chi connectivity index (χ1n) is 13.2. The monoisotopic (exact) mass is 527 g/mol. The van der Waals surface area contributed by atoms with Gasteiger partial charge in [0, 0.05) is 23.5 Å². The molecule has 1 aliphatic carbocycles. The number of hydrogen-bond acceptors (Lipinski definition) is 7. The number of carbonyl (C=O) groups excluding carboxylic acids is 3. The Morgan fingerprint density at radius 1 is 0.949 bits per heavy atom. The summed E-state index contributed by atoms with van der Waals surface area (Å²) in [5.41, 5.74) is 3.55. The molecule has 1 N–H and O–H groups in total. The van der Waals surface area contributed by atoms with Gasteiger partial charge in [-0.05, 0) is 68.0 Å². The van der Waals surface area contributed by atoms with Gasteiger partial charge in [0.1, 0.15) is 0 Å². The van der Waals surface area contributed by atoms with Crippen LogP contribution in [0, 0.1) is 0 Å². The van der Waals surface area contributed by atoms with Crippen LogP contribution in [0.15, 0.2) is 48.7 Å². The first-order chi connectivity index (χ1) is 18.9. The van der Waals surface area contributed by atoms with E-state index >= 15 is 0 Å². The van der Waals surface area contributed by atoms with Crippen LogP contribution in [0.25, 0.3) is 0 Å². The first kappa shape index (κ1) is 25.1. The van der Waals surface area contributed by atoms with Crippen LogP contribution in [0.1, 0.15) is 86.5 Å². The number of aliphatic hydroxyl groups excluding tert-OH is 1. The van der Waals surface area contributed by atoms with Crippen molar-refractivity contribution in [2.75, 3.05) is 12.0 Å². The van der Waals surface area contributed by atoms with E-state index in [4.69, 9.17) is 9.47 Å². The number of aliphatic hydroxyl groups is 1. The third kappa shape index (κ3) is 4.23. The summed E-state index contributed by atoms with van der Waals surface area (Å²) in [5, 5.41) is 9.38. The second-order valence-electron chi connectivity index (χ2n) is 10.2. The average Bonchev–Trinajstić information content (AvgIpc) is 3.65. The minimum Gasteiger partial charge on any atom is -0.493 e. The molecule has 200 valence electrons. The number of hydrogen-bond donors (Lipinski definition) is 1. The molecule has 0 radical (unpaired) electrons. The summed E-state index contributed by atoms with van der Waals surface area (Å²) in [6.07, 6.45) is 5.79. The summed E-state index contributed by atoms with van der Waals surface area (Å²) in [6, 6.07) is 11.9. The Labute approximate surface area is 226 Å². The minimum atomic E-state index is -0.602. The fourth-order valence-electron chi connectivity index (χ4n) is 5.68. The van der Waals surface area contributed by atoms with Crippen molar-refractivity contribution in [2.45, 2.75) is 57.9 Å². The van der Waals surface area contributed by atoms with Gasteiger partial charge in [-0.3, -0.25) is 24.3 Å². The highest BCUT2D eigenvalue weighted by atomic mass is 16.5. The van der Waals surface area contributed by atoms with E-state index < -0.39 is 17.9 Å². The number of ether oxygens (including phenoxy) is 2. The Hall–Kier alpha value is -4.24. The highest BCUT2D eigenvalue weighted by molar-refractivity contribution is 6.21. The molecule has 9 nitrogen and oxygen atoms in total. The van der Waals surface area contributed by atoms with E-state index in [9.17, 15) is 19.5 Å². The van der Waals surface area contributed by atoms with E-state index in [1.54, 1.807) is 25.0 Å². The molecule has 3 aromatic rings. The average molecular weight is 528 g/mol. The number of rotatable bonds is 7. The fourth-order valence-corrected chi connectivity index (χ4v) is 5.68. The Morgan fingerprint density at radius 3 is 2.46 bits per heavy atom. The Morgan fingerprint density at radius 2 is 1.72 bits per heavy atom. The maximum absolute atomic E-state index is 13.6. The molecular formula is C30H29N3O6. The van der Waals surface area contributed by atoms with Crippen molar-refractivity contribution in [3.63, 3.8) is 0 Å². The fraction of sp³-hybridized carbons (Fsp3) is 0.333. The highest BCUT2D eigenvalue weighted by Crippen LogP contribution is 2.39. The van der Waals surface area contributed by atoms with Gasteiger partial charge in [-0.1, -0.05) is 12.1 Å². The molecule has 3 heterocycles. The lowest BCUT2D eigenvalue weighted by Crippen LogP contribution is -2.32. The lowest BCUT2D eigenvalue weighted by molar-refractivity contribution is 0.0595. The number of nitrogens with zero attached hydrogens (tertiary/aromatic N) is 3. The number of benzene rings is 2. The number of methoxy groups -OCH3 is 1. The van der Waals surface area contributed by atoms with Crippen LogP contribution in [0.2, 0.25) is 0 Å². The van der Waals surface area contributed by atoms with E-state index in [-0.39, 0.29) is 29.7 Å². The number of imide groups is 1. The molecule has 1 atom stereocenters. The second-order valence-corrected chi connectivity index (χ2v) is 10.2. The topological polar surface area (TPSA) is 109 Å². The van der Waals surface area contributed by atoms with E-state index in [1.807, 2.05) is 30.3 Å². The van der Waals surface area contributed by atoms with Gasteiger partial charge in [-0.25, -0.2) is 0 Å². The van der Waals surface area contributed by atoms with Gasteiger partial charge in [0.25, 0.3) is 17.7 Å². The summed E-state index contributed by atoms with van der Waals surface area (Å²) in [7, 11) is 1.60. The number of aromatic nitrogens is 1. The molecule has 0 saturated heterocycles. The number of amides is 3. The lowest BCUT2D eigenvalue weighted by Gasteiger charge is -2.23. The van der Waals surface area contributed by atoms with Crippen LogP contribution in [0.4, 0.5) is 5.69 Å². The Kier molecular flexibility index (Phi) is 6.31. The van der Waals surface area contributed by atoms with Crippen molar-refractivity contribution in [1.82, 2.24) is 9.88 Å². The Balaban J connectivity index is 1.25.